The van der Waals surface area contributed by atoms with Gasteiger partial charge >= 0.3 is 0 Å². The Morgan fingerprint density at radius 3 is 2.67 bits per heavy atom. The van der Waals surface area contributed by atoms with Gasteiger partial charge in [0.05, 0.1) is 17.0 Å². The molecular formula is C24H25FN4O4. The molecule has 0 unspecified atom stereocenters. The van der Waals surface area contributed by atoms with Crippen LogP contribution in [0.25, 0.3) is 0 Å². The molecule has 4 rings (SSSR count). The molecular weight excluding hydrogens is 427 g/mol. The molecule has 1 atom stereocenters. The summed E-state index contributed by atoms with van der Waals surface area (Å²) in [7, 11) is 0. The highest BCUT2D eigenvalue weighted by Crippen LogP contribution is 2.26. The standard InChI is InChI=1S/C24H25FN4O4/c1-13-10-16(7-8-18(13)25)28-22(31)17-11-20(29-9-5-4-6-19(17)29)21(30)23(32)27-15(3)24-26-14(2)12-33-24/h7-8,10-12,15H,4-6,9H2,1-3H3,(H,27,32)(H,28,31)/t15-/m1/s1. The molecule has 1 aliphatic heterocycles. The van der Waals surface area contributed by atoms with Crippen LogP contribution in [0.1, 0.15) is 69.5 Å². The summed E-state index contributed by atoms with van der Waals surface area (Å²) in [4.78, 5) is 42.9. The Morgan fingerprint density at radius 1 is 1.18 bits per heavy atom. The van der Waals surface area contributed by atoms with Gasteiger partial charge in [-0.25, -0.2) is 9.37 Å². The molecule has 0 saturated heterocycles. The van der Waals surface area contributed by atoms with Gasteiger partial charge in [-0.05, 0) is 69.9 Å². The van der Waals surface area contributed by atoms with Gasteiger partial charge in [-0.3, -0.25) is 14.4 Å². The number of hydrogen-bond donors (Lipinski definition) is 2. The van der Waals surface area contributed by atoms with Crippen LogP contribution in [0.2, 0.25) is 0 Å². The van der Waals surface area contributed by atoms with Crippen LogP contribution in [-0.2, 0) is 17.8 Å². The molecule has 2 N–H and O–H groups in total. The minimum atomic E-state index is -0.801. The summed E-state index contributed by atoms with van der Waals surface area (Å²) in [6.07, 6.45) is 3.80. The Labute approximate surface area is 190 Å². The lowest BCUT2D eigenvalue weighted by atomic mass is 10.1. The van der Waals surface area contributed by atoms with Gasteiger partial charge in [0.15, 0.2) is 0 Å². The zero-order valence-corrected chi connectivity index (χ0v) is 18.7. The third-order valence-corrected chi connectivity index (χ3v) is 5.71. The van der Waals surface area contributed by atoms with Crippen molar-refractivity contribution in [1.82, 2.24) is 14.9 Å². The van der Waals surface area contributed by atoms with E-state index >= 15 is 0 Å². The third-order valence-electron chi connectivity index (χ3n) is 5.71. The first-order chi connectivity index (χ1) is 15.7. The molecule has 0 fully saturated rings. The van der Waals surface area contributed by atoms with Crippen molar-refractivity contribution in [3.05, 3.63) is 70.4 Å². The third kappa shape index (κ3) is 4.57. The summed E-state index contributed by atoms with van der Waals surface area (Å²) in [5, 5.41) is 5.37. The Kier molecular flexibility index (Phi) is 6.13. The number of rotatable bonds is 6. The van der Waals surface area contributed by atoms with E-state index in [1.54, 1.807) is 31.4 Å². The van der Waals surface area contributed by atoms with E-state index in [1.165, 1.54) is 24.5 Å². The molecule has 3 heterocycles. The fourth-order valence-corrected chi connectivity index (χ4v) is 3.99. The van der Waals surface area contributed by atoms with E-state index in [0.717, 1.165) is 12.8 Å². The number of nitrogens with one attached hydrogen (secondary N) is 2. The topological polar surface area (TPSA) is 106 Å². The summed E-state index contributed by atoms with van der Waals surface area (Å²) >= 11 is 0. The van der Waals surface area contributed by atoms with Crippen molar-refractivity contribution in [3.63, 3.8) is 0 Å². The highest BCUT2D eigenvalue weighted by Gasteiger charge is 2.29. The minimum Gasteiger partial charge on any atom is -0.446 e. The van der Waals surface area contributed by atoms with Gasteiger partial charge in [0.2, 0.25) is 5.89 Å². The molecule has 0 saturated carbocycles. The average molecular weight is 452 g/mol. The number of anilines is 1. The van der Waals surface area contributed by atoms with Crippen LogP contribution in [0.3, 0.4) is 0 Å². The Morgan fingerprint density at radius 2 is 1.97 bits per heavy atom. The second-order valence-corrected chi connectivity index (χ2v) is 8.27. The van der Waals surface area contributed by atoms with Gasteiger partial charge in [-0.1, -0.05) is 0 Å². The molecule has 3 aromatic rings. The summed E-state index contributed by atoms with van der Waals surface area (Å²) < 4.78 is 20.6. The van der Waals surface area contributed by atoms with Crippen molar-refractivity contribution < 1.29 is 23.2 Å². The molecule has 8 nitrogen and oxygen atoms in total. The van der Waals surface area contributed by atoms with Gasteiger partial charge in [0.1, 0.15) is 18.1 Å². The number of carbonyl (C=O) groups excluding carboxylic acids is 3. The number of fused-ring (bicyclic) bond motifs is 1. The number of aryl methyl sites for hydroxylation is 2. The number of aromatic nitrogens is 2. The van der Waals surface area contributed by atoms with E-state index in [9.17, 15) is 18.8 Å². The number of halogens is 1. The minimum absolute atomic E-state index is 0.165. The SMILES string of the molecule is Cc1coc([C@@H](C)NC(=O)C(=O)c2cc(C(=O)Nc3ccc(F)c(C)c3)c3n2CCCC3)n1. The molecule has 0 radical (unpaired) electrons. The number of carbonyl (C=O) groups is 3. The molecule has 0 aliphatic carbocycles. The highest BCUT2D eigenvalue weighted by molar-refractivity contribution is 6.42. The summed E-state index contributed by atoms with van der Waals surface area (Å²) in [6, 6.07) is 5.19. The smallest absolute Gasteiger partial charge is 0.294 e. The van der Waals surface area contributed by atoms with Gasteiger partial charge in [-0.2, -0.15) is 0 Å². The van der Waals surface area contributed by atoms with Crippen molar-refractivity contribution in [2.45, 2.75) is 52.6 Å². The molecule has 172 valence electrons. The zero-order chi connectivity index (χ0) is 23.7. The van der Waals surface area contributed by atoms with E-state index in [4.69, 9.17) is 4.42 Å². The van der Waals surface area contributed by atoms with Crippen molar-refractivity contribution in [1.29, 1.82) is 0 Å². The normalized spacial score (nSPS) is 13.8. The zero-order valence-electron chi connectivity index (χ0n) is 18.7. The van der Waals surface area contributed by atoms with Crippen LogP contribution in [0.15, 0.2) is 34.9 Å². The Hall–Kier alpha value is -3.75. The monoisotopic (exact) mass is 452 g/mol. The number of Topliss-reactive ketones (excluding diaryl/α,β-unsaturated/α-hetero) is 1. The van der Waals surface area contributed by atoms with Crippen LogP contribution in [0, 0.1) is 19.7 Å². The maximum atomic E-state index is 13.6. The first-order valence-corrected chi connectivity index (χ1v) is 10.8. The largest absolute Gasteiger partial charge is 0.446 e. The molecule has 2 amide bonds. The van der Waals surface area contributed by atoms with Crippen LogP contribution in [0.5, 0.6) is 0 Å². The predicted octanol–water partition coefficient (Wildman–Crippen LogP) is 3.88. The van der Waals surface area contributed by atoms with E-state index < -0.39 is 23.6 Å². The Bertz CT molecular complexity index is 1240. The highest BCUT2D eigenvalue weighted by atomic mass is 19.1. The molecule has 0 bridgehead atoms. The second kappa shape index (κ2) is 9.01. The lowest BCUT2D eigenvalue weighted by molar-refractivity contribution is -0.117. The summed E-state index contributed by atoms with van der Waals surface area (Å²) in [5.41, 5.74) is 2.75. The number of hydrogen-bond acceptors (Lipinski definition) is 5. The van der Waals surface area contributed by atoms with Gasteiger partial charge in [-0.15, -0.1) is 0 Å². The fourth-order valence-electron chi connectivity index (χ4n) is 3.99. The van der Waals surface area contributed by atoms with Crippen molar-refractivity contribution >= 4 is 23.3 Å². The molecule has 9 heteroatoms. The van der Waals surface area contributed by atoms with Gasteiger partial charge < -0.3 is 19.6 Å². The van der Waals surface area contributed by atoms with Crippen LogP contribution in [-0.4, -0.2) is 27.1 Å². The second-order valence-electron chi connectivity index (χ2n) is 8.27. The molecule has 33 heavy (non-hydrogen) atoms. The van der Waals surface area contributed by atoms with E-state index in [-0.39, 0.29) is 11.5 Å². The first-order valence-electron chi connectivity index (χ1n) is 10.8. The number of ketones is 1. The quantitative estimate of drug-likeness (QED) is 0.436. The molecule has 1 aromatic carbocycles. The molecule has 2 aromatic heterocycles. The fraction of sp³-hybridized carbons (Fsp3) is 0.333. The predicted molar refractivity (Wildman–Crippen MR) is 119 cm³/mol. The Balaban J connectivity index is 1.57. The van der Waals surface area contributed by atoms with Crippen LogP contribution in [0.4, 0.5) is 10.1 Å². The summed E-state index contributed by atoms with van der Waals surface area (Å²) in [6.45, 7) is 5.59. The molecule has 0 spiro atoms. The maximum Gasteiger partial charge on any atom is 0.294 e. The van der Waals surface area contributed by atoms with Crippen molar-refractivity contribution in [2.75, 3.05) is 5.32 Å². The van der Waals surface area contributed by atoms with Crippen LogP contribution >= 0.6 is 0 Å². The first kappa shape index (κ1) is 22.4. The number of oxazole rings is 1. The average Bonchev–Trinajstić information content (AvgIpc) is 3.40. The van der Waals surface area contributed by atoms with E-state index in [2.05, 4.69) is 15.6 Å². The summed E-state index contributed by atoms with van der Waals surface area (Å²) in [5.74, 6) is -1.99. The van der Waals surface area contributed by atoms with Crippen molar-refractivity contribution in [3.8, 4) is 0 Å². The number of amides is 2. The van der Waals surface area contributed by atoms with Gasteiger partial charge in [0.25, 0.3) is 17.6 Å². The van der Waals surface area contributed by atoms with E-state index in [0.29, 0.717) is 47.1 Å². The lowest BCUT2D eigenvalue weighted by Crippen LogP contribution is -2.34. The number of nitrogens with zero attached hydrogens (tertiary/aromatic N) is 2. The van der Waals surface area contributed by atoms with E-state index in [1.807, 2.05) is 0 Å². The molecule has 1 aliphatic rings. The lowest BCUT2D eigenvalue weighted by Gasteiger charge is -2.18. The number of benzene rings is 1. The van der Waals surface area contributed by atoms with Crippen LogP contribution < -0.4 is 10.6 Å². The maximum absolute atomic E-state index is 13.6. The van der Waals surface area contributed by atoms with Crippen molar-refractivity contribution in [2.24, 2.45) is 0 Å². The van der Waals surface area contributed by atoms with Gasteiger partial charge in [0, 0.05) is 17.9 Å².